The first-order valence-electron chi connectivity index (χ1n) is 0. The van der Waals surface area contributed by atoms with Gasteiger partial charge in [-0.05, 0) is 0 Å². The normalized spacial score (nSPS) is 0. The Kier molecular flexibility index (Phi) is 187. The zero-order valence-corrected chi connectivity index (χ0v) is 14.6. The zero-order chi connectivity index (χ0) is 0. The van der Waals surface area contributed by atoms with Crippen LogP contribution >= 0.6 is 9.90 Å². The van der Waals surface area contributed by atoms with E-state index in [2.05, 4.69) is 0 Å². The van der Waals surface area contributed by atoms with Crippen LogP contribution in [0.3, 0.4) is 0 Å². The van der Waals surface area contributed by atoms with Crippen molar-refractivity contribution in [2.24, 2.45) is 0 Å². The van der Waals surface area contributed by atoms with E-state index in [0.717, 1.165) is 0 Å². The Balaban J connectivity index is 0. The van der Waals surface area contributed by atoms with Gasteiger partial charge in [-0.3, -0.25) is 0 Å². The third-order valence-corrected chi connectivity index (χ3v) is 0. The molecule has 5 heavy (non-hydrogen) atoms. The minimum absolute atomic E-state index is 0. The van der Waals surface area contributed by atoms with E-state index < -0.39 is 0 Å². The molecule has 0 saturated carbocycles. The standard InChI is InChI=1S/Ca.Fe.H3P.Pb.Zn.2H/h;;1H3;;;;/q+2;;;;;2*-1. The fourth-order valence-electron chi connectivity index (χ4n) is 0. The maximum absolute atomic E-state index is 0. The van der Waals surface area contributed by atoms with Crippen LogP contribution in [0.25, 0.3) is 0 Å². The quantitative estimate of drug-likeness (QED) is 0.378. The van der Waals surface area contributed by atoms with Gasteiger partial charge in [-0.15, -0.1) is 0 Å². The van der Waals surface area contributed by atoms with Gasteiger partial charge in [-0.25, -0.2) is 0 Å². The van der Waals surface area contributed by atoms with Crippen LogP contribution in [0.5, 0.6) is 0 Å². The van der Waals surface area contributed by atoms with Crippen molar-refractivity contribution in [3.8, 4) is 0 Å². The maximum Gasteiger partial charge on any atom is 2.00 e. The Morgan fingerprint density at radius 2 is 1.20 bits per heavy atom. The summed E-state index contributed by atoms with van der Waals surface area (Å²) in [6.07, 6.45) is 0. The van der Waals surface area contributed by atoms with Crippen LogP contribution < -0.4 is 0 Å². The Bertz CT molecular complexity index is 17.7. The molecule has 5 heteroatoms. The maximum atomic E-state index is 0. The molecule has 0 spiro atoms. The Hall–Kier alpha value is 3.75. The van der Waals surface area contributed by atoms with E-state index >= 15 is 0 Å². The van der Waals surface area contributed by atoms with E-state index in [1.54, 1.807) is 0 Å². The molecule has 0 aliphatic heterocycles. The molecule has 1 atom stereocenters. The van der Waals surface area contributed by atoms with Gasteiger partial charge in [0, 0.05) is 63.8 Å². The number of hydrogen-bond donors (Lipinski definition) is 0. The van der Waals surface area contributed by atoms with Crippen molar-refractivity contribution < 1.29 is 39.4 Å². The first-order chi connectivity index (χ1) is 0. The molecule has 0 bridgehead atoms. The van der Waals surface area contributed by atoms with Crippen LogP contribution in [-0.4, -0.2) is 65.0 Å². The Morgan fingerprint density at radius 3 is 1.20 bits per heavy atom. The molecule has 0 amide bonds. The molecular weight excluding hydrogens is 399 g/mol. The molecule has 26 valence electrons. The van der Waals surface area contributed by atoms with Crippen LogP contribution in [0.4, 0.5) is 0 Å². The minimum atomic E-state index is 0. The third-order valence-electron chi connectivity index (χ3n) is 0. The summed E-state index contributed by atoms with van der Waals surface area (Å²) in [5, 5.41) is 0. The molecule has 0 nitrogen and oxygen atoms in total. The molecule has 4 radical (unpaired) electrons. The summed E-state index contributed by atoms with van der Waals surface area (Å²) in [5.74, 6) is 0. The predicted molar refractivity (Wildman–Crippen MR) is 24.8 cm³/mol. The SMILES string of the molecule is P.[Ca+2].[Fe].[H-].[H-].[Pb].[Zn]. The van der Waals surface area contributed by atoms with Crippen molar-refractivity contribution in [1.82, 2.24) is 0 Å². The van der Waals surface area contributed by atoms with Crippen molar-refractivity contribution in [2.45, 2.75) is 0 Å². The summed E-state index contributed by atoms with van der Waals surface area (Å²) < 4.78 is 0. The van der Waals surface area contributed by atoms with Crippen LogP contribution in [0, 0.1) is 0 Å². The van der Waals surface area contributed by atoms with Crippen LogP contribution in [0.15, 0.2) is 0 Å². The number of hydrogen-bond acceptors (Lipinski definition) is 0. The molecular formula is H5CaFePPbZn. The first kappa shape index (κ1) is 37.3. The second kappa shape index (κ2) is 25.1. The molecule has 0 aromatic rings. The topological polar surface area (TPSA) is 0 Å². The smallest absolute Gasteiger partial charge is 1.00 e. The van der Waals surface area contributed by atoms with Gasteiger partial charge in [0.25, 0.3) is 0 Å². The van der Waals surface area contributed by atoms with Gasteiger partial charge < -0.3 is 2.85 Å². The summed E-state index contributed by atoms with van der Waals surface area (Å²) in [5.41, 5.74) is 0. The second-order valence-corrected chi connectivity index (χ2v) is 0. The molecule has 0 aromatic heterocycles. The minimum Gasteiger partial charge on any atom is -1.00 e. The van der Waals surface area contributed by atoms with Crippen LogP contribution in [-0.2, 0) is 36.5 Å². The van der Waals surface area contributed by atoms with E-state index in [4.69, 9.17) is 0 Å². The third kappa shape index (κ3) is 18.2. The molecule has 0 N–H and O–H groups in total. The fraction of sp³-hybridized carbons (Fsp3) is 0. The van der Waals surface area contributed by atoms with E-state index in [0.29, 0.717) is 0 Å². The van der Waals surface area contributed by atoms with Crippen LogP contribution in [0.2, 0.25) is 0 Å². The van der Waals surface area contributed by atoms with Crippen molar-refractivity contribution in [3.05, 3.63) is 0 Å². The van der Waals surface area contributed by atoms with Crippen molar-refractivity contribution in [1.29, 1.82) is 0 Å². The first-order valence-corrected chi connectivity index (χ1v) is 0. The average molecular weight is 405 g/mol. The van der Waals surface area contributed by atoms with E-state index in [1.807, 2.05) is 0 Å². The van der Waals surface area contributed by atoms with Gasteiger partial charge in [0.15, 0.2) is 0 Å². The molecule has 0 aromatic carbocycles. The van der Waals surface area contributed by atoms with Gasteiger partial charge >= 0.3 is 37.7 Å². The summed E-state index contributed by atoms with van der Waals surface area (Å²) in [4.78, 5) is 0. The monoisotopic (exact) mass is 404 g/mol. The van der Waals surface area contributed by atoms with Crippen molar-refractivity contribution in [3.63, 3.8) is 0 Å². The molecule has 0 aliphatic carbocycles. The summed E-state index contributed by atoms with van der Waals surface area (Å²) in [6.45, 7) is 0. The Morgan fingerprint density at radius 1 is 1.20 bits per heavy atom. The average Bonchev–Trinajstić information content (AvgIpc) is 0. The summed E-state index contributed by atoms with van der Waals surface area (Å²) in [7, 11) is 0. The molecule has 0 fully saturated rings. The second-order valence-electron chi connectivity index (χ2n) is 0. The summed E-state index contributed by atoms with van der Waals surface area (Å²) in [6, 6.07) is 0. The largest absolute Gasteiger partial charge is 2.00 e. The van der Waals surface area contributed by atoms with Crippen LogP contribution in [0.1, 0.15) is 2.85 Å². The molecule has 0 heterocycles. The molecule has 1 unspecified atom stereocenters. The van der Waals surface area contributed by atoms with Crippen molar-refractivity contribution >= 4 is 74.9 Å². The predicted octanol–water partition coefficient (Wildman–Crippen LogP) is -0.484. The van der Waals surface area contributed by atoms with E-state index in [9.17, 15) is 0 Å². The fourth-order valence-corrected chi connectivity index (χ4v) is 0. The Labute approximate surface area is 112 Å². The van der Waals surface area contributed by atoms with E-state index in [-0.39, 0.29) is 114 Å². The van der Waals surface area contributed by atoms with Gasteiger partial charge in [-0.1, -0.05) is 0 Å². The number of rotatable bonds is 0. The summed E-state index contributed by atoms with van der Waals surface area (Å²) >= 11 is 0. The van der Waals surface area contributed by atoms with Gasteiger partial charge in [0.05, 0.1) is 0 Å². The molecule has 0 rings (SSSR count). The molecule has 0 saturated heterocycles. The molecule has 0 aliphatic rings. The van der Waals surface area contributed by atoms with Crippen molar-refractivity contribution in [2.75, 3.05) is 0 Å². The van der Waals surface area contributed by atoms with Gasteiger partial charge in [-0.2, -0.15) is 9.90 Å². The van der Waals surface area contributed by atoms with Gasteiger partial charge in [0.2, 0.25) is 0 Å². The van der Waals surface area contributed by atoms with E-state index in [1.165, 1.54) is 0 Å². The van der Waals surface area contributed by atoms with Gasteiger partial charge in [0.1, 0.15) is 0 Å². The zero-order valence-electron chi connectivity index (χ0n) is 4.97.